The van der Waals surface area contributed by atoms with Crippen LogP contribution in [-0.2, 0) is 0 Å². The molecule has 0 spiro atoms. The molecule has 30 heavy (non-hydrogen) atoms. The van der Waals surface area contributed by atoms with Gasteiger partial charge in [0.05, 0.1) is 0 Å². The minimum absolute atomic E-state index is 0. The van der Waals surface area contributed by atoms with Gasteiger partial charge in [-0.25, -0.2) is 0 Å². The molecule has 0 aromatic heterocycles. The fraction of sp³-hybridized carbons (Fsp3) is 0.391. The van der Waals surface area contributed by atoms with Crippen molar-refractivity contribution in [3.63, 3.8) is 0 Å². The van der Waals surface area contributed by atoms with Crippen LogP contribution >= 0.6 is 48.2 Å². The van der Waals surface area contributed by atoms with Crippen molar-refractivity contribution in [2.24, 2.45) is 0 Å². The Bertz CT molecular complexity index is 854. The van der Waals surface area contributed by atoms with Crippen molar-refractivity contribution < 1.29 is 5.11 Å². The number of hydrogen-bond acceptors (Lipinski definition) is 4. The van der Waals surface area contributed by atoms with Crippen LogP contribution in [0.5, 0.6) is 0 Å². The van der Waals surface area contributed by atoms with Crippen LogP contribution < -0.4 is 0 Å². The normalized spacial score (nSPS) is 17.6. The topological polar surface area (TPSA) is 26.7 Å². The minimum atomic E-state index is 0. The minimum Gasteiger partial charge on any atom is -0.396 e. The predicted molar refractivity (Wildman–Crippen MR) is 133 cm³/mol. The molecular formula is C23H29Cl3N2OS. The second-order valence-electron chi connectivity index (χ2n) is 7.41. The van der Waals surface area contributed by atoms with Crippen molar-refractivity contribution in [3.8, 4) is 0 Å². The highest BCUT2D eigenvalue weighted by atomic mass is 35.5. The second-order valence-corrected chi connectivity index (χ2v) is 8.93. The maximum atomic E-state index is 8.99. The van der Waals surface area contributed by atoms with Gasteiger partial charge in [-0.2, -0.15) is 0 Å². The van der Waals surface area contributed by atoms with Gasteiger partial charge < -0.3 is 14.9 Å². The quantitative estimate of drug-likeness (QED) is 0.499. The number of nitrogens with zero attached hydrogens (tertiary/aromatic N) is 2. The van der Waals surface area contributed by atoms with Crippen molar-refractivity contribution in [2.45, 2.75) is 22.6 Å². The van der Waals surface area contributed by atoms with E-state index in [1.807, 2.05) is 17.8 Å². The van der Waals surface area contributed by atoms with Crippen molar-refractivity contribution in [3.05, 3.63) is 64.7 Å². The maximum Gasteiger partial charge on any atom is 0.0443 e. The van der Waals surface area contributed by atoms with Crippen LogP contribution in [0.2, 0.25) is 5.02 Å². The Kier molecular flexibility index (Phi) is 10.5. The van der Waals surface area contributed by atoms with E-state index in [2.05, 4.69) is 52.3 Å². The molecule has 0 atom stereocenters. The highest BCUT2D eigenvalue weighted by Gasteiger charge is 2.21. The van der Waals surface area contributed by atoms with Crippen molar-refractivity contribution in [1.29, 1.82) is 0 Å². The summed E-state index contributed by atoms with van der Waals surface area (Å²) in [5, 5.41) is 9.79. The molecule has 3 nitrogen and oxygen atoms in total. The van der Waals surface area contributed by atoms with Gasteiger partial charge in [0, 0.05) is 60.7 Å². The Balaban J connectivity index is 0.00000160. The van der Waals surface area contributed by atoms with Gasteiger partial charge in [-0.3, -0.25) is 0 Å². The van der Waals surface area contributed by atoms with Crippen LogP contribution in [0.4, 0.5) is 0 Å². The molecular weight excluding hydrogens is 459 g/mol. The van der Waals surface area contributed by atoms with Gasteiger partial charge in [-0.15, -0.1) is 24.8 Å². The van der Waals surface area contributed by atoms with E-state index >= 15 is 0 Å². The smallest absolute Gasteiger partial charge is 0.0443 e. The van der Waals surface area contributed by atoms with Crippen molar-refractivity contribution in [1.82, 2.24) is 9.80 Å². The Labute approximate surface area is 201 Å². The zero-order valence-corrected chi connectivity index (χ0v) is 20.1. The number of aliphatic hydroxyl groups excluding tert-OH is 1. The molecule has 7 heteroatoms. The van der Waals surface area contributed by atoms with Crippen LogP contribution in [0.25, 0.3) is 5.57 Å². The SMILES string of the molecule is Cl.Cl.OCCCN1CCN(CC/C=C2\c3ccccc3Sc3ccc(Cl)cc32)CC1. The summed E-state index contributed by atoms with van der Waals surface area (Å²) in [5.74, 6) is 0. The van der Waals surface area contributed by atoms with Gasteiger partial charge >= 0.3 is 0 Å². The predicted octanol–water partition coefficient (Wildman–Crippen LogP) is 5.47. The second kappa shape index (κ2) is 12.4. The van der Waals surface area contributed by atoms with Gasteiger partial charge in [0.15, 0.2) is 0 Å². The van der Waals surface area contributed by atoms with Gasteiger partial charge in [0.2, 0.25) is 0 Å². The lowest BCUT2D eigenvalue weighted by molar-refractivity contribution is 0.126. The number of rotatable bonds is 6. The molecule has 2 aromatic rings. The highest BCUT2D eigenvalue weighted by molar-refractivity contribution is 7.99. The fourth-order valence-corrected chi connectivity index (χ4v) is 5.24. The first-order valence-corrected chi connectivity index (χ1v) is 11.3. The molecule has 0 radical (unpaired) electrons. The number of halogens is 3. The average molecular weight is 488 g/mol. The average Bonchev–Trinajstić information content (AvgIpc) is 2.73. The first kappa shape index (κ1) is 25.5. The molecule has 0 amide bonds. The Morgan fingerprint density at radius 2 is 1.57 bits per heavy atom. The summed E-state index contributed by atoms with van der Waals surface area (Å²) in [4.78, 5) is 7.61. The zero-order valence-electron chi connectivity index (χ0n) is 16.9. The lowest BCUT2D eigenvalue weighted by atomic mass is 9.96. The van der Waals surface area contributed by atoms with E-state index in [1.165, 1.54) is 26.5 Å². The van der Waals surface area contributed by atoms with E-state index in [0.717, 1.165) is 57.1 Å². The summed E-state index contributed by atoms with van der Waals surface area (Å²) in [5.41, 5.74) is 3.88. The molecule has 1 fully saturated rings. The van der Waals surface area contributed by atoms with Crippen molar-refractivity contribution in [2.75, 3.05) is 45.9 Å². The molecule has 0 saturated carbocycles. The van der Waals surface area contributed by atoms with Gasteiger partial charge in [-0.1, -0.05) is 47.6 Å². The Morgan fingerprint density at radius 1 is 0.900 bits per heavy atom. The molecule has 0 bridgehead atoms. The number of fused-ring (bicyclic) bond motifs is 2. The number of aliphatic hydroxyl groups is 1. The lowest BCUT2D eigenvalue weighted by Gasteiger charge is -2.34. The standard InChI is InChI=1S/C23H27ClN2OS.2ClH/c24-18-8-9-23-21(17-18)19(20-5-1-2-7-22(20)28-23)6-3-10-25-12-14-26(15-13-25)11-4-16-27;;/h1-2,5-9,17,27H,3-4,10-16H2;2*1H/b19-6+;;. The van der Waals surface area contributed by atoms with E-state index in [1.54, 1.807) is 0 Å². The van der Waals surface area contributed by atoms with E-state index in [9.17, 15) is 0 Å². The molecule has 2 aromatic carbocycles. The monoisotopic (exact) mass is 486 g/mol. The largest absolute Gasteiger partial charge is 0.396 e. The molecule has 2 heterocycles. The number of hydrogen-bond donors (Lipinski definition) is 1. The van der Waals surface area contributed by atoms with Crippen molar-refractivity contribution >= 4 is 53.7 Å². The van der Waals surface area contributed by atoms with Crippen LogP contribution in [0.1, 0.15) is 24.0 Å². The summed E-state index contributed by atoms with van der Waals surface area (Å²) >= 11 is 8.14. The van der Waals surface area contributed by atoms with Gasteiger partial charge in [0.1, 0.15) is 0 Å². The van der Waals surface area contributed by atoms with E-state index in [-0.39, 0.29) is 24.8 Å². The van der Waals surface area contributed by atoms with E-state index < -0.39 is 0 Å². The Hall–Kier alpha value is -0.720. The molecule has 4 rings (SSSR count). The summed E-state index contributed by atoms with van der Waals surface area (Å²) in [6.45, 7) is 6.83. The lowest BCUT2D eigenvalue weighted by Crippen LogP contribution is -2.46. The van der Waals surface area contributed by atoms with Crippen LogP contribution in [0, 0.1) is 0 Å². The third-order valence-electron chi connectivity index (χ3n) is 5.52. The highest BCUT2D eigenvalue weighted by Crippen LogP contribution is 2.46. The summed E-state index contributed by atoms with van der Waals surface area (Å²) in [6.07, 6.45) is 4.31. The molecule has 164 valence electrons. The van der Waals surface area contributed by atoms with Crippen LogP contribution in [0.3, 0.4) is 0 Å². The number of benzene rings is 2. The molecule has 1 saturated heterocycles. The van der Waals surface area contributed by atoms with Gasteiger partial charge in [-0.05, 0) is 53.8 Å². The fourth-order valence-electron chi connectivity index (χ4n) is 3.99. The summed E-state index contributed by atoms with van der Waals surface area (Å²) < 4.78 is 0. The zero-order chi connectivity index (χ0) is 19.3. The third kappa shape index (κ3) is 6.17. The van der Waals surface area contributed by atoms with E-state index in [4.69, 9.17) is 16.7 Å². The molecule has 2 aliphatic rings. The van der Waals surface area contributed by atoms with E-state index in [0.29, 0.717) is 6.61 Å². The van der Waals surface area contributed by atoms with Gasteiger partial charge in [0.25, 0.3) is 0 Å². The van der Waals surface area contributed by atoms with Crippen LogP contribution in [0.15, 0.2) is 58.3 Å². The Morgan fingerprint density at radius 3 is 2.30 bits per heavy atom. The summed E-state index contributed by atoms with van der Waals surface area (Å²) in [7, 11) is 0. The molecule has 0 aliphatic carbocycles. The number of piperazine rings is 1. The molecule has 0 unspecified atom stereocenters. The third-order valence-corrected chi connectivity index (χ3v) is 6.91. The summed E-state index contributed by atoms with van der Waals surface area (Å²) in [6, 6.07) is 14.9. The maximum absolute atomic E-state index is 8.99. The van der Waals surface area contributed by atoms with Crippen LogP contribution in [-0.4, -0.2) is 60.8 Å². The first-order valence-electron chi connectivity index (χ1n) is 10.1. The molecule has 1 N–H and O–H groups in total. The first-order chi connectivity index (χ1) is 13.7. The molecule has 2 aliphatic heterocycles.